The molecule has 0 amide bonds. The van der Waals surface area contributed by atoms with Crippen LogP contribution < -0.4 is 10.6 Å². The van der Waals surface area contributed by atoms with Gasteiger partial charge in [0.2, 0.25) is 0 Å². The summed E-state index contributed by atoms with van der Waals surface area (Å²) in [4.78, 5) is 2.67. The monoisotopic (exact) mass is 331 g/mol. The average molecular weight is 332 g/mol. The third-order valence-electron chi connectivity index (χ3n) is 5.52. The molecule has 3 saturated heterocycles. The van der Waals surface area contributed by atoms with E-state index in [4.69, 9.17) is 12.2 Å². The van der Waals surface area contributed by atoms with Crippen molar-refractivity contribution in [2.75, 3.05) is 25.0 Å². The normalized spacial score (nSPS) is 29.3. The minimum atomic E-state index is 0.649. The van der Waals surface area contributed by atoms with E-state index in [1.165, 1.54) is 43.5 Å². The molecule has 0 aliphatic carbocycles. The highest BCUT2D eigenvalue weighted by atomic mass is 32.1. The highest BCUT2D eigenvalue weighted by Gasteiger charge is 2.38. The Kier molecular flexibility index (Phi) is 5.22. The number of hydrogen-bond acceptors (Lipinski definition) is 2. The number of aryl methyl sites for hydroxylation is 2. The molecule has 23 heavy (non-hydrogen) atoms. The molecule has 126 valence electrons. The Morgan fingerprint density at radius 2 is 2.00 bits per heavy atom. The van der Waals surface area contributed by atoms with Crippen LogP contribution in [0.2, 0.25) is 0 Å². The van der Waals surface area contributed by atoms with Gasteiger partial charge in [-0.1, -0.05) is 19.4 Å². The zero-order valence-electron chi connectivity index (χ0n) is 14.6. The van der Waals surface area contributed by atoms with E-state index in [9.17, 15) is 0 Å². The molecule has 0 saturated carbocycles. The van der Waals surface area contributed by atoms with Crippen molar-refractivity contribution in [2.45, 2.75) is 46.1 Å². The van der Waals surface area contributed by atoms with Crippen LogP contribution in [0.1, 0.15) is 37.3 Å². The first-order valence-electron chi connectivity index (χ1n) is 8.92. The molecule has 4 rings (SSSR count). The van der Waals surface area contributed by atoms with Gasteiger partial charge in [0.15, 0.2) is 5.11 Å². The quantitative estimate of drug-likeness (QED) is 0.823. The summed E-state index contributed by atoms with van der Waals surface area (Å²) in [6.45, 7) is 10.1. The van der Waals surface area contributed by atoms with Crippen LogP contribution in [0, 0.1) is 25.7 Å². The highest BCUT2D eigenvalue weighted by molar-refractivity contribution is 7.80. The van der Waals surface area contributed by atoms with Crippen LogP contribution in [0.15, 0.2) is 18.2 Å². The maximum Gasteiger partial charge on any atom is 0.170 e. The van der Waals surface area contributed by atoms with Crippen molar-refractivity contribution in [3.8, 4) is 0 Å². The van der Waals surface area contributed by atoms with E-state index in [0.717, 1.165) is 29.2 Å². The largest absolute Gasteiger partial charge is 0.361 e. The first-order valence-corrected chi connectivity index (χ1v) is 9.33. The molecule has 4 heteroatoms. The van der Waals surface area contributed by atoms with Gasteiger partial charge in [0, 0.05) is 24.8 Å². The molecule has 1 aromatic carbocycles. The van der Waals surface area contributed by atoms with Gasteiger partial charge in [-0.05, 0) is 80.5 Å². The van der Waals surface area contributed by atoms with Crippen molar-refractivity contribution >= 4 is 23.0 Å². The second-order valence-electron chi connectivity index (χ2n) is 7.31. The van der Waals surface area contributed by atoms with E-state index in [0.29, 0.717) is 6.04 Å². The molecule has 4 atom stereocenters. The molecular weight excluding hydrogens is 302 g/mol. The minimum absolute atomic E-state index is 0.649. The summed E-state index contributed by atoms with van der Waals surface area (Å²) >= 11 is 5.48. The lowest BCUT2D eigenvalue weighted by Crippen LogP contribution is -2.56. The van der Waals surface area contributed by atoms with Crippen molar-refractivity contribution in [1.82, 2.24) is 10.2 Å². The van der Waals surface area contributed by atoms with Crippen LogP contribution >= 0.6 is 12.2 Å². The van der Waals surface area contributed by atoms with Crippen molar-refractivity contribution < 1.29 is 0 Å². The Morgan fingerprint density at radius 3 is 2.61 bits per heavy atom. The number of fused-ring (bicyclic) bond motifs is 3. The van der Waals surface area contributed by atoms with Gasteiger partial charge < -0.3 is 10.6 Å². The number of benzene rings is 1. The Labute approximate surface area is 145 Å². The number of hydrogen-bond donors (Lipinski definition) is 2. The Morgan fingerprint density at radius 1 is 1.26 bits per heavy atom. The summed E-state index contributed by atoms with van der Waals surface area (Å²) in [6, 6.07) is 7.10. The first-order chi connectivity index (χ1) is 11.0. The van der Waals surface area contributed by atoms with Gasteiger partial charge >= 0.3 is 0 Å². The molecule has 2 bridgehead atoms. The number of nitrogens with one attached hydrogen (secondary N) is 2. The Bertz CT molecular complexity index is 551. The summed E-state index contributed by atoms with van der Waals surface area (Å²) in [7, 11) is 0. The minimum Gasteiger partial charge on any atom is -0.361 e. The lowest BCUT2D eigenvalue weighted by Gasteiger charge is -2.50. The zero-order chi connectivity index (χ0) is 16.4. The molecule has 1 aromatic rings. The summed E-state index contributed by atoms with van der Waals surface area (Å²) in [5.41, 5.74) is 3.60. The van der Waals surface area contributed by atoms with Gasteiger partial charge in [0.1, 0.15) is 0 Å². The van der Waals surface area contributed by atoms with Gasteiger partial charge in [-0.3, -0.25) is 4.90 Å². The zero-order valence-corrected chi connectivity index (χ0v) is 15.4. The summed E-state index contributed by atoms with van der Waals surface area (Å²) in [6.07, 6.45) is 4.05. The number of rotatable bonds is 4. The standard InChI is InChI=1S/C19H29N3S/c1-4-15-12-22-6-5-16(15)10-18(22)11-20-19(23)21-17-8-13(2)7-14(3)9-17/h7-9,15-16,18H,4-6,10-12H2,1-3H3,(H2,20,21,23). The maximum atomic E-state index is 5.48. The molecule has 3 fully saturated rings. The van der Waals surface area contributed by atoms with Gasteiger partial charge in [0.25, 0.3) is 0 Å². The molecule has 3 aliphatic rings. The number of nitrogens with zero attached hydrogens (tertiary/aromatic N) is 1. The third-order valence-corrected chi connectivity index (χ3v) is 5.76. The van der Waals surface area contributed by atoms with Crippen molar-refractivity contribution in [2.24, 2.45) is 11.8 Å². The topological polar surface area (TPSA) is 27.3 Å². The summed E-state index contributed by atoms with van der Waals surface area (Å²) < 4.78 is 0. The summed E-state index contributed by atoms with van der Waals surface area (Å²) in [5, 5.41) is 7.51. The third kappa shape index (κ3) is 4.04. The van der Waals surface area contributed by atoms with E-state index in [1.807, 2.05) is 0 Å². The van der Waals surface area contributed by atoms with Crippen molar-refractivity contribution in [1.29, 1.82) is 0 Å². The van der Waals surface area contributed by atoms with Crippen LogP contribution in [-0.4, -0.2) is 35.7 Å². The van der Waals surface area contributed by atoms with Crippen LogP contribution in [0.3, 0.4) is 0 Å². The fraction of sp³-hybridized carbons (Fsp3) is 0.632. The van der Waals surface area contributed by atoms with Gasteiger partial charge in [-0.2, -0.15) is 0 Å². The van der Waals surface area contributed by atoms with Gasteiger partial charge in [0.05, 0.1) is 0 Å². The fourth-order valence-corrected chi connectivity index (χ4v) is 4.56. The summed E-state index contributed by atoms with van der Waals surface area (Å²) in [5.74, 6) is 1.85. The van der Waals surface area contributed by atoms with Gasteiger partial charge in [-0.15, -0.1) is 0 Å². The van der Waals surface area contributed by atoms with E-state index in [-0.39, 0.29) is 0 Å². The molecule has 0 spiro atoms. The Balaban J connectivity index is 1.50. The average Bonchev–Trinajstić information content (AvgIpc) is 2.52. The molecular formula is C19H29N3S. The maximum absolute atomic E-state index is 5.48. The van der Waals surface area contributed by atoms with Crippen molar-refractivity contribution in [3.05, 3.63) is 29.3 Å². The molecule has 3 nitrogen and oxygen atoms in total. The SMILES string of the molecule is CCC1CN2CCC1CC2CNC(=S)Nc1cc(C)cc(C)c1. The molecule has 0 radical (unpaired) electrons. The molecule has 4 unspecified atom stereocenters. The number of piperidine rings is 3. The predicted molar refractivity (Wildman–Crippen MR) is 102 cm³/mol. The van der Waals surface area contributed by atoms with Crippen LogP contribution in [0.5, 0.6) is 0 Å². The van der Waals surface area contributed by atoms with Crippen molar-refractivity contribution in [3.63, 3.8) is 0 Å². The van der Waals surface area contributed by atoms with E-state index < -0.39 is 0 Å². The predicted octanol–water partition coefficient (Wildman–Crippen LogP) is 3.71. The van der Waals surface area contributed by atoms with Gasteiger partial charge in [-0.25, -0.2) is 0 Å². The lowest BCUT2D eigenvalue weighted by molar-refractivity contribution is 0.00212. The number of anilines is 1. The second kappa shape index (κ2) is 7.18. The van der Waals surface area contributed by atoms with E-state index in [1.54, 1.807) is 0 Å². The lowest BCUT2D eigenvalue weighted by atomic mass is 9.74. The van der Waals surface area contributed by atoms with Crippen LogP contribution in [-0.2, 0) is 0 Å². The fourth-order valence-electron chi connectivity index (χ4n) is 4.36. The van der Waals surface area contributed by atoms with E-state index in [2.05, 4.69) is 54.5 Å². The molecule has 3 heterocycles. The number of thiocarbonyl (C=S) groups is 1. The molecule has 3 aliphatic heterocycles. The first kappa shape index (κ1) is 16.7. The van der Waals surface area contributed by atoms with E-state index >= 15 is 0 Å². The van der Waals surface area contributed by atoms with Crippen LogP contribution in [0.4, 0.5) is 5.69 Å². The molecule has 2 N–H and O–H groups in total. The van der Waals surface area contributed by atoms with Crippen LogP contribution in [0.25, 0.3) is 0 Å². The molecule has 0 aromatic heterocycles. The smallest absolute Gasteiger partial charge is 0.170 e. The second-order valence-corrected chi connectivity index (χ2v) is 7.72. The highest BCUT2D eigenvalue weighted by Crippen LogP contribution is 2.37. The Hall–Kier alpha value is -1.13.